The zero-order valence-electron chi connectivity index (χ0n) is 9.81. The molecule has 3 nitrogen and oxygen atoms in total. The van der Waals surface area contributed by atoms with E-state index < -0.39 is 0 Å². The number of nitriles is 1. The van der Waals surface area contributed by atoms with Gasteiger partial charge in [0.25, 0.3) is 0 Å². The molecule has 2 unspecified atom stereocenters. The van der Waals surface area contributed by atoms with Gasteiger partial charge in [0.15, 0.2) is 0 Å². The van der Waals surface area contributed by atoms with E-state index in [0.29, 0.717) is 6.04 Å². The lowest BCUT2D eigenvalue weighted by Gasteiger charge is -2.25. The number of aromatic nitrogens is 1. The molecule has 0 bridgehead atoms. The minimum Gasteiger partial charge on any atom is -0.296 e. The molecule has 0 radical (unpaired) electrons. The van der Waals surface area contributed by atoms with Gasteiger partial charge in [-0.25, -0.2) is 4.98 Å². The Bertz CT molecular complexity index is 393. The highest BCUT2D eigenvalue weighted by atomic mass is 32.1. The monoisotopic (exact) mass is 235 g/mol. The first kappa shape index (κ1) is 11.6. The molecule has 0 N–H and O–H groups in total. The summed E-state index contributed by atoms with van der Waals surface area (Å²) in [5.74, 6) is 0.213. The number of rotatable bonds is 3. The predicted molar refractivity (Wildman–Crippen MR) is 65.1 cm³/mol. The maximum Gasteiger partial charge on any atom is 0.0897 e. The van der Waals surface area contributed by atoms with Crippen molar-refractivity contribution >= 4 is 11.3 Å². The lowest BCUT2D eigenvalue weighted by atomic mass is 10.0. The molecule has 1 aliphatic carbocycles. The van der Waals surface area contributed by atoms with Crippen molar-refractivity contribution in [2.45, 2.75) is 38.8 Å². The average Bonchev–Trinajstić information content (AvgIpc) is 2.86. The summed E-state index contributed by atoms with van der Waals surface area (Å²) in [5, 5.41) is 12.3. The van der Waals surface area contributed by atoms with Gasteiger partial charge in [-0.05, 0) is 26.8 Å². The van der Waals surface area contributed by atoms with Gasteiger partial charge in [-0.2, -0.15) is 5.26 Å². The summed E-state index contributed by atoms with van der Waals surface area (Å²) in [6.07, 6.45) is 3.39. The van der Waals surface area contributed by atoms with Crippen LogP contribution < -0.4 is 0 Å². The summed E-state index contributed by atoms with van der Waals surface area (Å²) < 4.78 is 0. The molecular weight excluding hydrogens is 218 g/mol. The van der Waals surface area contributed by atoms with E-state index >= 15 is 0 Å². The highest BCUT2D eigenvalue weighted by Gasteiger charge is 2.30. The van der Waals surface area contributed by atoms with Crippen LogP contribution in [-0.4, -0.2) is 23.0 Å². The minimum atomic E-state index is 0.213. The lowest BCUT2D eigenvalue weighted by Crippen LogP contribution is -2.33. The molecule has 0 amide bonds. The van der Waals surface area contributed by atoms with E-state index in [1.165, 1.54) is 6.42 Å². The molecule has 2 atom stereocenters. The fourth-order valence-corrected chi connectivity index (χ4v) is 3.08. The Kier molecular flexibility index (Phi) is 3.57. The molecule has 1 fully saturated rings. The predicted octanol–water partition coefficient (Wildman–Crippen LogP) is 2.58. The first-order chi connectivity index (χ1) is 7.70. The molecule has 1 aromatic heterocycles. The Hall–Kier alpha value is -0.920. The number of hydrogen-bond donors (Lipinski definition) is 0. The van der Waals surface area contributed by atoms with Gasteiger partial charge in [-0.15, -0.1) is 11.3 Å². The van der Waals surface area contributed by atoms with E-state index in [1.807, 2.05) is 6.92 Å². The lowest BCUT2D eigenvalue weighted by molar-refractivity contribution is 0.210. The van der Waals surface area contributed by atoms with Gasteiger partial charge >= 0.3 is 0 Å². The Balaban J connectivity index is 1.98. The summed E-state index contributed by atoms with van der Waals surface area (Å²) in [4.78, 5) is 6.75. The van der Waals surface area contributed by atoms with Crippen molar-refractivity contribution in [1.82, 2.24) is 9.88 Å². The molecule has 1 aromatic rings. The van der Waals surface area contributed by atoms with Gasteiger partial charge in [0.05, 0.1) is 22.7 Å². The Labute approximate surface area is 101 Å². The normalized spacial score (nSPS) is 24.9. The van der Waals surface area contributed by atoms with Crippen molar-refractivity contribution in [3.63, 3.8) is 0 Å². The summed E-state index contributed by atoms with van der Waals surface area (Å²) in [5.41, 5.74) is 1.13. The van der Waals surface area contributed by atoms with Crippen molar-refractivity contribution in [2.75, 3.05) is 7.05 Å². The van der Waals surface area contributed by atoms with E-state index in [9.17, 15) is 0 Å². The highest BCUT2D eigenvalue weighted by Crippen LogP contribution is 2.29. The molecule has 1 aliphatic rings. The van der Waals surface area contributed by atoms with Gasteiger partial charge in [0.1, 0.15) is 0 Å². The topological polar surface area (TPSA) is 39.9 Å². The summed E-state index contributed by atoms with van der Waals surface area (Å²) in [6.45, 7) is 2.90. The van der Waals surface area contributed by atoms with Crippen LogP contribution in [0.3, 0.4) is 0 Å². The third-order valence-corrected chi connectivity index (χ3v) is 4.11. The minimum absolute atomic E-state index is 0.213. The zero-order chi connectivity index (χ0) is 11.5. The zero-order valence-corrected chi connectivity index (χ0v) is 10.6. The van der Waals surface area contributed by atoms with Gasteiger partial charge in [0.2, 0.25) is 0 Å². The summed E-state index contributed by atoms with van der Waals surface area (Å²) in [6, 6.07) is 2.85. The Morgan fingerprint density at radius 1 is 1.62 bits per heavy atom. The fraction of sp³-hybridized carbons (Fsp3) is 0.667. The van der Waals surface area contributed by atoms with Gasteiger partial charge in [-0.3, -0.25) is 4.90 Å². The summed E-state index contributed by atoms with van der Waals surface area (Å²) >= 11 is 1.69. The number of hydrogen-bond acceptors (Lipinski definition) is 4. The summed E-state index contributed by atoms with van der Waals surface area (Å²) in [7, 11) is 2.11. The molecular formula is C12H17N3S. The smallest absolute Gasteiger partial charge is 0.0897 e. The Morgan fingerprint density at radius 3 is 3.06 bits per heavy atom. The molecule has 1 saturated carbocycles. The number of thiazole rings is 1. The van der Waals surface area contributed by atoms with Crippen molar-refractivity contribution in [3.8, 4) is 6.07 Å². The molecule has 4 heteroatoms. The van der Waals surface area contributed by atoms with E-state index in [2.05, 4.69) is 28.4 Å². The van der Waals surface area contributed by atoms with Crippen molar-refractivity contribution in [2.24, 2.45) is 5.92 Å². The second-order valence-corrected chi connectivity index (χ2v) is 5.57. The van der Waals surface area contributed by atoms with Crippen LogP contribution in [-0.2, 0) is 6.54 Å². The van der Waals surface area contributed by atoms with Gasteiger partial charge < -0.3 is 0 Å². The first-order valence-corrected chi connectivity index (χ1v) is 6.59. The van der Waals surface area contributed by atoms with Crippen molar-refractivity contribution < 1.29 is 0 Å². The third-order valence-electron chi connectivity index (χ3n) is 3.29. The molecule has 16 heavy (non-hydrogen) atoms. The van der Waals surface area contributed by atoms with Crippen LogP contribution >= 0.6 is 11.3 Å². The molecule has 86 valence electrons. The van der Waals surface area contributed by atoms with E-state index in [4.69, 9.17) is 5.26 Å². The molecule has 1 heterocycles. The molecule has 0 spiro atoms. The average molecular weight is 235 g/mol. The van der Waals surface area contributed by atoms with E-state index in [-0.39, 0.29) is 5.92 Å². The standard InChI is InChI=1S/C12H17N3S/c1-9-14-11(8-16-9)7-15(2)12-5-3-4-10(12)6-13/h8,10,12H,3-5,7H2,1-2H3. The van der Waals surface area contributed by atoms with E-state index in [1.54, 1.807) is 11.3 Å². The second kappa shape index (κ2) is 4.94. The van der Waals surface area contributed by atoms with Gasteiger partial charge in [0, 0.05) is 18.0 Å². The van der Waals surface area contributed by atoms with Crippen LogP contribution in [0.25, 0.3) is 0 Å². The quantitative estimate of drug-likeness (QED) is 0.808. The number of nitrogens with zero attached hydrogens (tertiary/aromatic N) is 3. The molecule has 2 rings (SSSR count). The van der Waals surface area contributed by atoms with Crippen molar-refractivity contribution in [3.05, 3.63) is 16.1 Å². The molecule has 0 saturated heterocycles. The number of aryl methyl sites for hydroxylation is 1. The fourth-order valence-electron chi connectivity index (χ4n) is 2.47. The highest BCUT2D eigenvalue weighted by molar-refractivity contribution is 7.09. The maximum atomic E-state index is 9.07. The Morgan fingerprint density at radius 2 is 2.44 bits per heavy atom. The van der Waals surface area contributed by atoms with Crippen molar-refractivity contribution in [1.29, 1.82) is 5.26 Å². The molecule has 0 aromatic carbocycles. The van der Waals surface area contributed by atoms with E-state index in [0.717, 1.165) is 30.1 Å². The third kappa shape index (κ3) is 2.42. The van der Waals surface area contributed by atoms with Gasteiger partial charge in [-0.1, -0.05) is 6.42 Å². The largest absolute Gasteiger partial charge is 0.296 e. The molecule has 0 aliphatic heterocycles. The van der Waals surface area contributed by atoms with Crippen LogP contribution in [0, 0.1) is 24.2 Å². The SMILES string of the molecule is Cc1nc(CN(C)C2CCCC2C#N)cs1. The van der Waals surface area contributed by atoms with Crippen LogP contribution in [0.5, 0.6) is 0 Å². The first-order valence-electron chi connectivity index (χ1n) is 5.71. The van der Waals surface area contributed by atoms with Crippen LogP contribution in [0.15, 0.2) is 5.38 Å². The van der Waals surface area contributed by atoms with Crippen LogP contribution in [0.1, 0.15) is 30.0 Å². The second-order valence-electron chi connectivity index (χ2n) is 4.51. The van der Waals surface area contributed by atoms with Crippen LogP contribution in [0.4, 0.5) is 0 Å². The van der Waals surface area contributed by atoms with Crippen LogP contribution in [0.2, 0.25) is 0 Å². The maximum absolute atomic E-state index is 9.07.